The third-order valence-electron chi connectivity index (χ3n) is 1.95. The number of allylic oxidation sites excluding steroid dienone is 1. The number of aromatic nitrogens is 3. The topological polar surface area (TPSA) is 73.8 Å². The minimum Gasteiger partial charge on any atom is -0.366 e. The van der Waals surface area contributed by atoms with Crippen molar-refractivity contribution in [1.29, 1.82) is 0 Å². The molecule has 1 aromatic heterocycles. The Hall–Kier alpha value is -2.43. The van der Waals surface area contributed by atoms with E-state index in [9.17, 15) is 4.79 Å². The summed E-state index contributed by atoms with van der Waals surface area (Å²) >= 11 is 0. The number of benzene rings is 1. The number of nitrogen functional groups attached to an aromatic ring is 1. The van der Waals surface area contributed by atoms with Crippen molar-refractivity contribution in [2.24, 2.45) is 0 Å². The maximum Gasteiger partial charge on any atom is 0.272 e. The van der Waals surface area contributed by atoms with Crippen LogP contribution in [0.2, 0.25) is 0 Å². The quantitative estimate of drug-likeness (QED) is 0.762. The van der Waals surface area contributed by atoms with Gasteiger partial charge in [0.15, 0.2) is 0 Å². The average Bonchev–Trinajstić information content (AvgIpc) is 2.74. The average molecular weight is 214 g/mol. The summed E-state index contributed by atoms with van der Waals surface area (Å²) in [6.45, 7) is 0. The van der Waals surface area contributed by atoms with Crippen LogP contribution in [0.1, 0.15) is 10.4 Å². The number of hydrogen-bond acceptors (Lipinski definition) is 4. The summed E-state index contributed by atoms with van der Waals surface area (Å²) in [7, 11) is 0. The Morgan fingerprint density at radius 3 is 2.69 bits per heavy atom. The molecule has 0 amide bonds. The summed E-state index contributed by atoms with van der Waals surface area (Å²) in [5, 5.41) is 3.71. The van der Waals surface area contributed by atoms with E-state index < -0.39 is 0 Å². The van der Waals surface area contributed by atoms with Crippen molar-refractivity contribution in [3.05, 3.63) is 48.3 Å². The zero-order valence-electron chi connectivity index (χ0n) is 8.45. The normalized spacial score (nSPS) is 10.8. The van der Waals surface area contributed by atoms with Gasteiger partial charge in [-0.15, -0.1) is 5.10 Å². The van der Waals surface area contributed by atoms with E-state index >= 15 is 0 Å². The Labute approximate surface area is 92.2 Å². The van der Waals surface area contributed by atoms with Gasteiger partial charge in [0.2, 0.25) is 5.95 Å². The number of rotatable bonds is 2. The molecule has 0 aliphatic rings. The SMILES string of the molecule is Nc1ncn(C(=O)/C=C/c2ccccc2)n1. The predicted molar refractivity (Wildman–Crippen MR) is 60.5 cm³/mol. The Morgan fingerprint density at radius 2 is 2.06 bits per heavy atom. The summed E-state index contributed by atoms with van der Waals surface area (Å²) in [5.74, 6) is -0.200. The van der Waals surface area contributed by atoms with E-state index in [0.29, 0.717) is 0 Å². The molecule has 0 aliphatic heterocycles. The molecular weight excluding hydrogens is 204 g/mol. The summed E-state index contributed by atoms with van der Waals surface area (Å²) in [4.78, 5) is 15.2. The minimum absolute atomic E-state index is 0.0847. The molecule has 0 saturated carbocycles. The highest BCUT2D eigenvalue weighted by Gasteiger charge is 2.01. The van der Waals surface area contributed by atoms with E-state index in [1.54, 1.807) is 6.08 Å². The highest BCUT2D eigenvalue weighted by atomic mass is 16.2. The molecule has 0 bridgehead atoms. The van der Waals surface area contributed by atoms with Crippen LogP contribution >= 0.6 is 0 Å². The van der Waals surface area contributed by atoms with Gasteiger partial charge in [0, 0.05) is 6.08 Å². The molecule has 2 N–H and O–H groups in total. The second kappa shape index (κ2) is 4.39. The molecule has 5 heteroatoms. The van der Waals surface area contributed by atoms with Crippen LogP contribution in [0.3, 0.4) is 0 Å². The maximum atomic E-state index is 11.5. The number of carbonyl (C=O) groups is 1. The second-order valence-electron chi connectivity index (χ2n) is 3.13. The first kappa shape index (κ1) is 10.1. The van der Waals surface area contributed by atoms with Crippen molar-refractivity contribution in [3.63, 3.8) is 0 Å². The van der Waals surface area contributed by atoms with E-state index in [4.69, 9.17) is 5.73 Å². The van der Waals surface area contributed by atoms with Crippen molar-refractivity contribution < 1.29 is 4.79 Å². The lowest BCUT2D eigenvalue weighted by Crippen LogP contribution is -2.07. The Balaban J connectivity index is 2.11. The second-order valence-corrected chi connectivity index (χ2v) is 3.13. The molecule has 2 aromatic rings. The third kappa shape index (κ3) is 2.33. The van der Waals surface area contributed by atoms with Crippen molar-refractivity contribution in [2.75, 3.05) is 5.73 Å². The van der Waals surface area contributed by atoms with Gasteiger partial charge in [-0.25, -0.2) is 4.98 Å². The summed E-state index contributed by atoms with van der Waals surface area (Å²) in [6, 6.07) is 9.52. The van der Waals surface area contributed by atoms with Gasteiger partial charge in [0.05, 0.1) is 0 Å². The zero-order chi connectivity index (χ0) is 11.4. The van der Waals surface area contributed by atoms with Crippen LogP contribution in [0.25, 0.3) is 6.08 Å². The van der Waals surface area contributed by atoms with E-state index in [2.05, 4.69) is 10.1 Å². The molecule has 0 spiro atoms. The van der Waals surface area contributed by atoms with E-state index in [-0.39, 0.29) is 11.9 Å². The van der Waals surface area contributed by atoms with Gasteiger partial charge in [0.25, 0.3) is 5.91 Å². The van der Waals surface area contributed by atoms with Crippen LogP contribution in [0.4, 0.5) is 5.95 Å². The van der Waals surface area contributed by atoms with Crippen molar-refractivity contribution >= 4 is 17.9 Å². The van der Waals surface area contributed by atoms with Crippen molar-refractivity contribution in [3.8, 4) is 0 Å². The molecule has 0 aliphatic carbocycles. The molecule has 80 valence electrons. The molecule has 0 unspecified atom stereocenters. The van der Waals surface area contributed by atoms with Crippen LogP contribution < -0.4 is 5.73 Å². The minimum atomic E-state index is -0.284. The smallest absolute Gasteiger partial charge is 0.272 e. The molecule has 16 heavy (non-hydrogen) atoms. The molecule has 0 saturated heterocycles. The molecule has 0 fully saturated rings. The van der Waals surface area contributed by atoms with Crippen LogP contribution in [-0.2, 0) is 0 Å². The predicted octanol–water partition coefficient (Wildman–Crippen LogP) is 1.21. The van der Waals surface area contributed by atoms with Crippen LogP contribution in [-0.4, -0.2) is 20.7 Å². The number of nitrogens with zero attached hydrogens (tertiary/aromatic N) is 3. The first-order valence-electron chi connectivity index (χ1n) is 4.70. The first-order chi connectivity index (χ1) is 7.75. The van der Waals surface area contributed by atoms with Gasteiger partial charge >= 0.3 is 0 Å². The van der Waals surface area contributed by atoms with Gasteiger partial charge in [0.1, 0.15) is 6.33 Å². The number of nitrogens with two attached hydrogens (primary N) is 1. The first-order valence-corrected chi connectivity index (χ1v) is 4.70. The zero-order valence-corrected chi connectivity index (χ0v) is 8.45. The molecule has 0 atom stereocenters. The number of hydrogen-bond donors (Lipinski definition) is 1. The molecule has 2 rings (SSSR count). The van der Waals surface area contributed by atoms with Gasteiger partial charge in [-0.2, -0.15) is 4.68 Å². The van der Waals surface area contributed by atoms with E-state index in [1.165, 1.54) is 12.4 Å². The van der Waals surface area contributed by atoms with Crippen molar-refractivity contribution in [1.82, 2.24) is 14.8 Å². The Bertz CT molecular complexity index is 516. The molecule has 5 nitrogen and oxygen atoms in total. The highest BCUT2D eigenvalue weighted by molar-refractivity contribution is 5.92. The largest absolute Gasteiger partial charge is 0.366 e. The van der Waals surface area contributed by atoms with Crippen LogP contribution in [0.15, 0.2) is 42.7 Å². The lowest BCUT2D eigenvalue weighted by molar-refractivity contribution is 0.0955. The lowest BCUT2D eigenvalue weighted by Gasteiger charge is -1.92. The molecular formula is C11H10N4O. The fourth-order valence-electron chi connectivity index (χ4n) is 1.19. The maximum absolute atomic E-state index is 11.5. The summed E-state index contributed by atoms with van der Waals surface area (Å²) < 4.78 is 1.09. The fourth-order valence-corrected chi connectivity index (χ4v) is 1.19. The fraction of sp³-hybridized carbons (Fsp3) is 0. The summed E-state index contributed by atoms with van der Waals surface area (Å²) in [5.41, 5.74) is 6.25. The van der Waals surface area contributed by atoms with Crippen molar-refractivity contribution in [2.45, 2.75) is 0 Å². The molecule has 1 aromatic carbocycles. The van der Waals surface area contributed by atoms with E-state index in [0.717, 1.165) is 10.2 Å². The Morgan fingerprint density at radius 1 is 1.31 bits per heavy atom. The van der Waals surface area contributed by atoms with Gasteiger partial charge in [-0.1, -0.05) is 30.3 Å². The van der Waals surface area contributed by atoms with Gasteiger partial charge < -0.3 is 5.73 Å². The number of anilines is 1. The molecule has 1 heterocycles. The number of carbonyl (C=O) groups excluding carboxylic acids is 1. The highest BCUT2D eigenvalue weighted by Crippen LogP contribution is 2.01. The van der Waals surface area contributed by atoms with Crippen LogP contribution in [0, 0.1) is 0 Å². The van der Waals surface area contributed by atoms with Gasteiger partial charge in [-0.3, -0.25) is 4.79 Å². The standard InChI is InChI=1S/C11H10N4O/c12-11-13-8-15(14-11)10(16)7-6-9-4-2-1-3-5-9/h1-8H,(H2,12,14)/b7-6+. The summed E-state index contributed by atoms with van der Waals surface area (Å²) in [6.07, 6.45) is 4.41. The van der Waals surface area contributed by atoms with Crippen LogP contribution in [0.5, 0.6) is 0 Å². The van der Waals surface area contributed by atoms with E-state index in [1.807, 2.05) is 30.3 Å². The van der Waals surface area contributed by atoms with Gasteiger partial charge in [-0.05, 0) is 11.6 Å². The molecule has 0 radical (unpaired) electrons. The lowest BCUT2D eigenvalue weighted by atomic mass is 10.2. The monoisotopic (exact) mass is 214 g/mol. The Kier molecular flexibility index (Phi) is 2.77. The third-order valence-corrected chi connectivity index (χ3v) is 1.95.